The van der Waals surface area contributed by atoms with Crippen molar-refractivity contribution in [3.63, 3.8) is 0 Å². The molecule has 2 aromatic rings. The summed E-state index contributed by atoms with van der Waals surface area (Å²) in [6.45, 7) is 4.70. The van der Waals surface area contributed by atoms with Crippen LogP contribution in [0, 0.1) is 0 Å². The van der Waals surface area contributed by atoms with Crippen LogP contribution in [0.1, 0.15) is 42.1 Å². The van der Waals surface area contributed by atoms with Crippen LogP contribution in [-0.2, 0) is 16.1 Å². The summed E-state index contributed by atoms with van der Waals surface area (Å²) in [5, 5.41) is 2.73. The Morgan fingerprint density at radius 1 is 1.03 bits per heavy atom. The van der Waals surface area contributed by atoms with Gasteiger partial charge in [0.2, 0.25) is 0 Å². The highest BCUT2D eigenvalue weighted by Gasteiger charge is 2.20. The lowest BCUT2D eigenvalue weighted by molar-refractivity contribution is -0.123. The number of anilines is 1. The molecule has 1 heterocycles. The third-order valence-corrected chi connectivity index (χ3v) is 5.06. The van der Waals surface area contributed by atoms with E-state index in [1.807, 2.05) is 18.2 Å². The molecule has 0 spiro atoms. The van der Waals surface area contributed by atoms with Gasteiger partial charge in [-0.2, -0.15) is 0 Å². The highest BCUT2D eigenvalue weighted by atomic mass is 16.5. The Labute approximate surface area is 171 Å². The lowest BCUT2D eigenvalue weighted by Gasteiger charge is -2.26. The summed E-state index contributed by atoms with van der Waals surface area (Å²) in [4.78, 5) is 27.2. The van der Waals surface area contributed by atoms with Crippen LogP contribution < -0.4 is 10.1 Å². The smallest absolute Gasteiger partial charge is 0.338 e. The van der Waals surface area contributed by atoms with Crippen LogP contribution in [-0.4, -0.2) is 43.1 Å². The summed E-state index contributed by atoms with van der Waals surface area (Å²) >= 11 is 0. The first-order valence-corrected chi connectivity index (χ1v) is 10.0. The van der Waals surface area contributed by atoms with E-state index in [9.17, 15) is 9.59 Å². The van der Waals surface area contributed by atoms with Crippen LogP contribution in [0.2, 0.25) is 0 Å². The molecule has 1 aliphatic rings. The fraction of sp³-hybridized carbons (Fsp3) is 0.391. The second-order valence-corrected chi connectivity index (χ2v) is 7.27. The molecule has 1 N–H and O–H groups in total. The molecule has 1 aliphatic heterocycles. The van der Waals surface area contributed by atoms with Crippen LogP contribution in [0.4, 0.5) is 5.69 Å². The Bertz CT molecular complexity index is 829. The molecule has 1 amide bonds. The number of ether oxygens (including phenoxy) is 2. The maximum absolute atomic E-state index is 12.4. The monoisotopic (exact) mass is 396 g/mol. The lowest BCUT2D eigenvalue weighted by Crippen LogP contribution is -2.30. The highest BCUT2D eigenvalue weighted by Crippen LogP contribution is 2.23. The Balaban J connectivity index is 1.54. The first kappa shape index (κ1) is 20.9. The molecule has 0 saturated carbocycles. The predicted molar refractivity (Wildman–Crippen MR) is 112 cm³/mol. The van der Waals surface area contributed by atoms with E-state index < -0.39 is 18.0 Å². The first-order valence-electron chi connectivity index (χ1n) is 10.0. The molecule has 6 heteroatoms. The number of amides is 1. The number of piperidine rings is 1. The topological polar surface area (TPSA) is 67.9 Å². The Morgan fingerprint density at radius 2 is 1.72 bits per heavy atom. The van der Waals surface area contributed by atoms with Crippen molar-refractivity contribution in [2.45, 2.75) is 38.8 Å². The first-order chi connectivity index (χ1) is 14.1. The molecule has 0 radical (unpaired) electrons. The van der Waals surface area contributed by atoms with Gasteiger partial charge in [0.05, 0.1) is 18.4 Å². The molecule has 6 nitrogen and oxygen atoms in total. The van der Waals surface area contributed by atoms with E-state index in [4.69, 9.17) is 9.47 Å². The van der Waals surface area contributed by atoms with Gasteiger partial charge in [-0.05, 0) is 62.7 Å². The summed E-state index contributed by atoms with van der Waals surface area (Å²) in [6.07, 6.45) is 2.88. The van der Waals surface area contributed by atoms with Gasteiger partial charge in [0, 0.05) is 6.54 Å². The number of nitrogens with zero attached hydrogens (tertiary/aromatic N) is 1. The zero-order valence-corrected chi connectivity index (χ0v) is 17.0. The van der Waals surface area contributed by atoms with Crippen molar-refractivity contribution in [1.29, 1.82) is 0 Å². The second-order valence-electron chi connectivity index (χ2n) is 7.27. The summed E-state index contributed by atoms with van der Waals surface area (Å²) in [5.74, 6) is -0.384. The molecule has 0 aliphatic carbocycles. The van der Waals surface area contributed by atoms with Gasteiger partial charge in [0.15, 0.2) is 6.10 Å². The third kappa shape index (κ3) is 5.81. The van der Waals surface area contributed by atoms with Gasteiger partial charge in [-0.3, -0.25) is 9.69 Å². The Kier molecular flexibility index (Phi) is 7.25. The minimum absolute atomic E-state index is 0.412. The zero-order valence-electron chi connectivity index (χ0n) is 17.0. The van der Waals surface area contributed by atoms with Crippen LogP contribution in [0.3, 0.4) is 0 Å². The van der Waals surface area contributed by atoms with E-state index in [0.29, 0.717) is 17.0 Å². The van der Waals surface area contributed by atoms with Crippen molar-refractivity contribution in [1.82, 2.24) is 4.90 Å². The molecular weight excluding hydrogens is 368 g/mol. The van der Waals surface area contributed by atoms with Crippen molar-refractivity contribution in [2.75, 3.05) is 25.5 Å². The van der Waals surface area contributed by atoms with E-state index in [0.717, 1.165) is 19.6 Å². The number of benzene rings is 2. The number of likely N-dealkylation sites (tertiary alicyclic amines) is 1. The minimum atomic E-state index is -0.930. The van der Waals surface area contributed by atoms with Crippen molar-refractivity contribution in [2.24, 2.45) is 0 Å². The van der Waals surface area contributed by atoms with Gasteiger partial charge >= 0.3 is 5.97 Å². The number of nitrogens with one attached hydrogen (secondary N) is 1. The number of para-hydroxylation sites is 2. The fourth-order valence-electron chi connectivity index (χ4n) is 3.39. The lowest BCUT2D eigenvalue weighted by atomic mass is 10.1. The van der Waals surface area contributed by atoms with E-state index in [1.54, 1.807) is 37.3 Å². The molecular formula is C23H28N2O4. The number of carbonyl (C=O) groups is 2. The molecule has 154 valence electrons. The predicted octanol–water partition coefficient (Wildman–Crippen LogP) is 3.87. The average molecular weight is 396 g/mol. The molecule has 1 saturated heterocycles. The van der Waals surface area contributed by atoms with Gasteiger partial charge in [-0.15, -0.1) is 0 Å². The molecule has 29 heavy (non-hydrogen) atoms. The maximum atomic E-state index is 12.4. The second kappa shape index (κ2) is 10.1. The van der Waals surface area contributed by atoms with Gasteiger partial charge in [-0.25, -0.2) is 4.79 Å². The van der Waals surface area contributed by atoms with Crippen molar-refractivity contribution in [3.8, 4) is 5.75 Å². The van der Waals surface area contributed by atoms with Crippen molar-refractivity contribution in [3.05, 3.63) is 59.7 Å². The molecule has 1 atom stereocenters. The summed E-state index contributed by atoms with van der Waals surface area (Å²) in [7, 11) is 1.53. The van der Waals surface area contributed by atoms with Crippen molar-refractivity contribution >= 4 is 17.6 Å². The standard InChI is InChI=1S/C23H28N2O4/c1-17(22(26)24-20-8-4-5-9-21(20)28-2)29-23(27)19-12-10-18(11-13-19)16-25-14-6-3-7-15-25/h4-5,8-13,17H,3,6-7,14-16H2,1-2H3,(H,24,26)/t17-/m1/s1. The van der Waals surface area contributed by atoms with Crippen molar-refractivity contribution < 1.29 is 19.1 Å². The number of esters is 1. The highest BCUT2D eigenvalue weighted by molar-refractivity contribution is 5.98. The molecule has 0 unspecified atom stereocenters. The third-order valence-electron chi connectivity index (χ3n) is 5.06. The normalized spacial score (nSPS) is 15.4. The Morgan fingerprint density at radius 3 is 2.41 bits per heavy atom. The summed E-state index contributed by atoms with van der Waals surface area (Å²) < 4.78 is 10.5. The van der Waals surface area contributed by atoms with Gasteiger partial charge in [0.1, 0.15) is 5.75 Å². The number of hydrogen-bond donors (Lipinski definition) is 1. The van der Waals surface area contributed by atoms with Crippen LogP contribution in [0.25, 0.3) is 0 Å². The quantitative estimate of drug-likeness (QED) is 0.720. The number of carbonyl (C=O) groups excluding carboxylic acids is 2. The van der Waals surface area contributed by atoms with E-state index in [-0.39, 0.29) is 0 Å². The van der Waals surface area contributed by atoms with Gasteiger partial charge in [0.25, 0.3) is 5.91 Å². The summed E-state index contributed by atoms with van der Waals surface area (Å²) in [5.41, 5.74) is 2.14. The molecule has 2 aromatic carbocycles. The van der Waals surface area contributed by atoms with Crippen LogP contribution in [0.15, 0.2) is 48.5 Å². The van der Waals surface area contributed by atoms with Gasteiger partial charge in [-0.1, -0.05) is 30.7 Å². The molecule has 1 fully saturated rings. The largest absolute Gasteiger partial charge is 0.495 e. The van der Waals surface area contributed by atoms with E-state index in [1.165, 1.54) is 31.9 Å². The molecule has 0 bridgehead atoms. The van der Waals surface area contributed by atoms with Crippen LogP contribution in [0.5, 0.6) is 5.75 Å². The molecule has 0 aromatic heterocycles. The number of rotatable bonds is 7. The average Bonchev–Trinajstić information content (AvgIpc) is 2.75. The van der Waals surface area contributed by atoms with E-state index in [2.05, 4.69) is 10.2 Å². The Hall–Kier alpha value is -2.86. The molecule has 3 rings (SSSR count). The minimum Gasteiger partial charge on any atom is -0.495 e. The van der Waals surface area contributed by atoms with E-state index >= 15 is 0 Å². The number of hydrogen-bond acceptors (Lipinski definition) is 5. The zero-order chi connectivity index (χ0) is 20.6. The van der Waals surface area contributed by atoms with Crippen LogP contribution >= 0.6 is 0 Å². The maximum Gasteiger partial charge on any atom is 0.338 e. The summed E-state index contributed by atoms with van der Waals surface area (Å²) in [6, 6.07) is 14.5. The number of methoxy groups -OCH3 is 1. The SMILES string of the molecule is COc1ccccc1NC(=O)[C@@H](C)OC(=O)c1ccc(CN2CCCCC2)cc1. The fourth-order valence-corrected chi connectivity index (χ4v) is 3.39. The van der Waals surface area contributed by atoms with Gasteiger partial charge < -0.3 is 14.8 Å².